The molecule has 0 aliphatic heterocycles. The molecule has 0 aliphatic carbocycles. The first-order chi connectivity index (χ1) is 7.03. The number of benzene rings is 1. The van der Waals surface area contributed by atoms with Gasteiger partial charge in [0.1, 0.15) is 11.6 Å². The Morgan fingerprint density at radius 1 is 1.40 bits per heavy atom. The molecule has 0 saturated heterocycles. The summed E-state index contributed by atoms with van der Waals surface area (Å²) >= 11 is 0. The maximum absolute atomic E-state index is 13.7. The predicted molar refractivity (Wildman–Crippen MR) is 59.6 cm³/mol. The molecule has 15 heavy (non-hydrogen) atoms. The van der Waals surface area contributed by atoms with E-state index in [4.69, 9.17) is 10.5 Å². The van der Waals surface area contributed by atoms with E-state index < -0.39 is 0 Å². The molecule has 3 heteroatoms. The van der Waals surface area contributed by atoms with Gasteiger partial charge in [-0.05, 0) is 30.5 Å². The van der Waals surface area contributed by atoms with Crippen LogP contribution in [0.1, 0.15) is 25.8 Å². The van der Waals surface area contributed by atoms with E-state index in [-0.39, 0.29) is 11.2 Å². The van der Waals surface area contributed by atoms with Gasteiger partial charge in [0.25, 0.3) is 0 Å². The highest BCUT2D eigenvalue weighted by molar-refractivity contribution is 5.40. The summed E-state index contributed by atoms with van der Waals surface area (Å²) in [6.07, 6.45) is 0.726. The monoisotopic (exact) mass is 211 g/mol. The van der Waals surface area contributed by atoms with Gasteiger partial charge in [0, 0.05) is 5.56 Å². The van der Waals surface area contributed by atoms with Crippen molar-refractivity contribution in [1.29, 1.82) is 0 Å². The van der Waals surface area contributed by atoms with Crippen molar-refractivity contribution < 1.29 is 9.13 Å². The number of hydrogen-bond donors (Lipinski definition) is 1. The molecule has 0 unspecified atom stereocenters. The molecule has 0 radical (unpaired) electrons. The van der Waals surface area contributed by atoms with Crippen molar-refractivity contribution >= 4 is 0 Å². The molecule has 0 saturated carbocycles. The first kappa shape index (κ1) is 12.0. The van der Waals surface area contributed by atoms with Crippen molar-refractivity contribution in [1.82, 2.24) is 0 Å². The van der Waals surface area contributed by atoms with E-state index in [1.165, 1.54) is 6.07 Å². The molecule has 2 N–H and O–H groups in total. The summed E-state index contributed by atoms with van der Waals surface area (Å²) in [6.45, 7) is 4.48. The van der Waals surface area contributed by atoms with Crippen molar-refractivity contribution in [2.24, 2.45) is 5.73 Å². The standard InChI is InChI=1S/C12H18FNO/c1-12(2,7-8-14)11-9(13)5-4-6-10(11)15-3/h4-6H,7-8,14H2,1-3H3. The Morgan fingerprint density at radius 3 is 2.60 bits per heavy atom. The number of methoxy groups -OCH3 is 1. The van der Waals surface area contributed by atoms with E-state index in [9.17, 15) is 4.39 Å². The van der Waals surface area contributed by atoms with E-state index in [0.717, 1.165) is 6.42 Å². The van der Waals surface area contributed by atoms with Gasteiger partial charge < -0.3 is 10.5 Å². The van der Waals surface area contributed by atoms with Crippen molar-refractivity contribution in [2.75, 3.05) is 13.7 Å². The van der Waals surface area contributed by atoms with Gasteiger partial charge in [0.2, 0.25) is 0 Å². The summed E-state index contributed by atoms with van der Waals surface area (Å²) in [7, 11) is 1.55. The highest BCUT2D eigenvalue weighted by Gasteiger charge is 2.26. The van der Waals surface area contributed by atoms with Gasteiger partial charge in [-0.2, -0.15) is 0 Å². The molecular formula is C12H18FNO. The molecule has 2 nitrogen and oxygen atoms in total. The average molecular weight is 211 g/mol. The lowest BCUT2D eigenvalue weighted by molar-refractivity contribution is 0.374. The van der Waals surface area contributed by atoms with Crippen LogP contribution < -0.4 is 10.5 Å². The van der Waals surface area contributed by atoms with E-state index in [1.54, 1.807) is 19.2 Å². The molecule has 0 spiro atoms. The molecule has 0 aliphatic rings. The number of rotatable bonds is 4. The number of ether oxygens (including phenoxy) is 1. The molecule has 0 heterocycles. The molecule has 1 aromatic carbocycles. The highest BCUT2D eigenvalue weighted by Crippen LogP contribution is 2.35. The van der Waals surface area contributed by atoms with Crippen LogP contribution >= 0.6 is 0 Å². The molecule has 0 atom stereocenters. The van der Waals surface area contributed by atoms with Crippen molar-refractivity contribution in [3.05, 3.63) is 29.6 Å². The predicted octanol–water partition coefficient (Wildman–Crippen LogP) is 2.46. The summed E-state index contributed by atoms with van der Waals surface area (Å²) in [4.78, 5) is 0. The third-order valence-corrected chi connectivity index (χ3v) is 2.64. The van der Waals surface area contributed by atoms with Gasteiger partial charge in [-0.1, -0.05) is 19.9 Å². The van der Waals surface area contributed by atoms with Gasteiger partial charge in [-0.3, -0.25) is 0 Å². The van der Waals surface area contributed by atoms with Gasteiger partial charge in [0.05, 0.1) is 7.11 Å². The van der Waals surface area contributed by atoms with Crippen LogP contribution in [0.15, 0.2) is 18.2 Å². The minimum atomic E-state index is -0.300. The molecule has 1 rings (SSSR count). The lowest BCUT2D eigenvalue weighted by Gasteiger charge is -2.26. The van der Waals surface area contributed by atoms with Crippen LogP contribution in [0.25, 0.3) is 0 Å². The first-order valence-corrected chi connectivity index (χ1v) is 5.06. The van der Waals surface area contributed by atoms with Crippen LogP contribution in [0.2, 0.25) is 0 Å². The van der Waals surface area contributed by atoms with Gasteiger partial charge in [-0.25, -0.2) is 4.39 Å². The minimum Gasteiger partial charge on any atom is -0.496 e. The fourth-order valence-corrected chi connectivity index (χ4v) is 1.82. The zero-order valence-corrected chi connectivity index (χ0v) is 9.51. The number of nitrogens with two attached hydrogens (primary N) is 1. The quantitative estimate of drug-likeness (QED) is 0.830. The summed E-state index contributed by atoms with van der Waals surface area (Å²) in [6, 6.07) is 4.88. The molecule has 0 bridgehead atoms. The van der Waals surface area contributed by atoms with E-state index in [0.29, 0.717) is 17.9 Å². The Balaban J connectivity index is 3.21. The average Bonchev–Trinajstić information content (AvgIpc) is 2.16. The fraction of sp³-hybridized carbons (Fsp3) is 0.500. The van der Waals surface area contributed by atoms with Crippen molar-refractivity contribution in [2.45, 2.75) is 25.7 Å². The maximum atomic E-state index is 13.7. The molecular weight excluding hydrogens is 193 g/mol. The lowest BCUT2D eigenvalue weighted by Crippen LogP contribution is -2.23. The molecule has 84 valence electrons. The fourth-order valence-electron chi connectivity index (χ4n) is 1.82. The van der Waals surface area contributed by atoms with Crippen molar-refractivity contribution in [3.8, 4) is 5.75 Å². The van der Waals surface area contributed by atoms with Gasteiger partial charge >= 0.3 is 0 Å². The third kappa shape index (κ3) is 2.48. The summed E-state index contributed by atoms with van der Waals surface area (Å²) in [5.41, 5.74) is 5.84. The summed E-state index contributed by atoms with van der Waals surface area (Å²) in [5.74, 6) is 0.362. The van der Waals surface area contributed by atoms with Crippen LogP contribution in [-0.4, -0.2) is 13.7 Å². The smallest absolute Gasteiger partial charge is 0.130 e. The van der Waals surface area contributed by atoms with Crippen LogP contribution in [-0.2, 0) is 5.41 Å². The molecule has 1 aromatic rings. The molecule has 0 fully saturated rings. The van der Waals surface area contributed by atoms with E-state index in [2.05, 4.69) is 0 Å². The van der Waals surface area contributed by atoms with E-state index >= 15 is 0 Å². The summed E-state index contributed by atoms with van der Waals surface area (Å²) < 4.78 is 18.9. The van der Waals surface area contributed by atoms with E-state index in [1.807, 2.05) is 13.8 Å². The molecule has 0 aromatic heterocycles. The van der Waals surface area contributed by atoms with Gasteiger partial charge in [-0.15, -0.1) is 0 Å². The lowest BCUT2D eigenvalue weighted by atomic mass is 9.80. The molecule has 0 amide bonds. The number of hydrogen-bond acceptors (Lipinski definition) is 2. The zero-order chi connectivity index (χ0) is 11.5. The minimum absolute atomic E-state index is 0.229. The number of halogens is 1. The Kier molecular flexibility index (Phi) is 3.69. The summed E-state index contributed by atoms with van der Waals surface area (Å²) in [5, 5.41) is 0. The second-order valence-corrected chi connectivity index (χ2v) is 4.24. The highest BCUT2D eigenvalue weighted by atomic mass is 19.1. The maximum Gasteiger partial charge on any atom is 0.130 e. The normalized spacial score (nSPS) is 11.5. The van der Waals surface area contributed by atoms with Crippen LogP contribution in [0, 0.1) is 5.82 Å². The van der Waals surface area contributed by atoms with Crippen molar-refractivity contribution in [3.63, 3.8) is 0 Å². The Bertz CT molecular complexity index is 336. The Labute approximate surface area is 90.2 Å². The van der Waals surface area contributed by atoms with Crippen LogP contribution in [0.4, 0.5) is 4.39 Å². The second-order valence-electron chi connectivity index (χ2n) is 4.24. The second kappa shape index (κ2) is 4.62. The zero-order valence-electron chi connectivity index (χ0n) is 9.51. The third-order valence-electron chi connectivity index (χ3n) is 2.64. The SMILES string of the molecule is COc1cccc(F)c1C(C)(C)CCN. The Morgan fingerprint density at radius 2 is 2.07 bits per heavy atom. The van der Waals surface area contributed by atoms with Crippen LogP contribution in [0.5, 0.6) is 5.75 Å². The van der Waals surface area contributed by atoms with Crippen LogP contribution in [0.3, 0.4) is 0 Å². The first-order valence-electron chi connectivity index (χ1n) is 5.06. The largest absolute Gasteiger partial charge is 0.496 e. The topological polar surface area (TPSA) is 35.2 Å². The Hall–Kier alpha value is -1.09. The van der Waals surface area contributed by atoms with Gasteiger partial charge in [0.15, 0.2) is 0 Å².